The van der Waals surface area contributed by atoms with Crippen molar-refractivity contribution in [3.63, 3.8) is 0 Å². The van der Waals surface area contributed by atoms with Gasteiger partial charge in [-0.2, -0.15) is 0 Å². The quantitative estimate of drug-likeness (QED) is 0.469. The normalized spacial score (nSPS) is 0. The molecule has 0 spiro atoms. The zero-order valence-electron chi connectivity index (χ0n) is 5.82. The van der Waals surface area contributed by atoms with Gasteiger partial charge in [-0.05, 0) is 0 Å². The van der Waals surface area contributed by atoms with Gasteiger partial charge < -0.3 is 5.71 Å². The molecular weight excluding hydrogens is 132 g/mol. The Balaban J connectivity index is 0. The summed E-state index contributed by atoms with van der Waals surface area (Å²) < 4.78 is 0. The molecule has 48 valence electrons. The van der Waals surface area contributed by atoms with Crippen LogP contribution in [0.25, 0.3) is 0 Å². The first-order chi connectivity index (χ1) is 0. The summed E-state index contributed by atoms with van der Waals surface area (Å²) in [4.78, 5) is 0. The number of rotatable bonds is 0. The van der Waals surface area contributed by atoms with Crippen LogP contribution in [-0.2, 0) is 0 Å². The predicted octanol–water partition coefficient (Wildman–Crippen LogP) is 2.65. The van der Waals surface area contributed by atoms with Crippen molar-refractivity contribution in [1.82, 2.24) is 0 Å². The predicted molar refractivity (Wildman–Crippen MR) is 50.1 cm³/mol. The molecule has 0 unspecified atom stereocenters. The van der Waals surface area contributed by atoms with Crippen molar-refractivity contribution in [2.75, 3.05) is 0 Å². The van der Waals surface area contributed by atoms with Crippen molar-refractivity contribution < 1.29 is 5.71 Å². The molecule has 0 N–H and O–H groups in total. The van der Waals surface area contributed by atoms with Crippen LogP contribution in [0.15, 0.2) is 0 Å². The maximum atomic E-state index is 0. The van der Waals surface area contributed by atoms with E-state index in [0.717, 1.165) is 0 Å². The van der Waals surface area contributed by atoms with Crippen LogP contribution in [-0.4, -0.2) is 46.1 Å². The second kappa shape index (κ2) is 110. The Hall–Kier alpha value is 1.82. The SMILES string of the molecule is C.C.C.C.Cl.[H-].[H-].[H-].[H-].[Mg+2].[Mg+2]. The van der Waals surface area contributed by atoms with E-state index in [0.29, 0.717) is 0 Å². The van der Waals surface area contributed by atoms with Crippen LogP contribution in [0.3, 0.4) is 0 Å². The zero-order valence-corrected chi connectivity index (χ0v) is 5.47. The van der Waals surface area contributed by atoms with Crippen molar-refractivity contribution in [3.05, 3.63) is 0 Å². The second-order valence-electron chi connectivity index (χ2n) is 0. The average Bonchev–Trinajstić information content (AvgIpc) is 0. The van der Waals surface area contributed by atoms with Gasteiger partial charge in [0.2, 0.25) is 0 Å². The van der Waals surface area contributed by atoms with Gasteiger partial charge >= 0.3 is 46.1 Å². The third-order valence-corrected chi connectivity index (χ3v) is 0. The number of hydrogen-bond donors (Lipinski definition) is 0. The number of hydrogen-bond acceptors (Lipinski definition) is 0. The van der Waals surface area contributed by atoms with E-state index < -0.39 is 0 Å². The molecule has 0 aromatic carbocycles. The first-order valence-corrected chi connectivity index (χ1v) is 0. The largest absolute Gasteiger partial charge is 2.00 e. The summed E-state index contributed by atoms with van der Waals surface area (Å²) in [5.74, 6) is 0. The summed E-state index contributed by atoms with van der Waals surface area (Å²) >= 11 is 0. The Morgan fingerprint density at radius 2 is 0.571 bits per heavy atom. The summed E-state index contributed by atoms with van der Waals surface area (Å²) in [6, 6.07) is 0. The molecule has 0 aromatic heterocycles. The molecule has 0 aromatic rings. The molecule has 0 aliphatic heterocycles. The molecule has 0 atom stereocenters. The first-order valence-electron chi connectivity index (χ1n) is 0. The molecule has 0 nitrogen and oxygen atoms in total. The maximum Gasteiger partial charge on any atom is 2.00 e. The van der Waals surface area contributed by atoms with Gasteiger partial charge in [0.1, 0.15) is 0 Å². The van der Waals surface area contributed by atoms with E-state index in [1.54, 1.807) is 0 Å². The van der Waals surface area contributed by atoms with Crippen LogP contribution >= 0.6 is 12.4 Å². The molecule has 0 bridgehead atoms. The van der Waals surface area contributed by atoms with Crippen LogP contribution in [0.4, 0.5) is 0 Å². The van der Waals surface area contributed by atoms with Crippen molar-refractivity contribution >= 4 is 58.5 Å². The zero-order chi connectivity index (χ0) is 0. The molecular formula is C4H21ClMg2. The summed E-state index contributed by atoms with van der Waals surface area (Å²) in [6.07, 6.45) is 0. The van der Waals surface area contributed by atoms with Gasteiger partial charge in [0.25, 0.3) is 0 Å². The topological polar surface area (TPSA) is 0 Å². The van der Waals surface area contributed by atoms with Crippen LogP contribution in [0.1, 0.15) is 35.4 Å². The minimum Gasteiger partial charge on any atom is -1.00 e. The van der Waals surface area contributed by atoms with Crippen LogP contribution in [0.2, 0.25) is 0 Å². The fourth-order valence-corrected chi connectivity index (χ4v) is 0. The summed E-state index contributed by atoms with van der Waals surface area (Å²) in [5.41, 5.74) is 0. The van der Waals surface area contributed by atoms with Gasteiger partial charge in [-0.3, -0.25) is 0 Å². The van der Waals surface area contributed by atoms with Gasteiger partial charge in [-0.25, -0.2) is 0 Å². The molecule has 0 rings (SSSR count). The second-order valence-corrected chi connectivity index (χ2v) is 0. The molecule has 3 heteroatoms. The van der Waals surface area contributed by atoms with E-state index >= 15 is 0 Å². The fourth-order valence-electron chi connectivity index (χ4n) is 0. The van der Waals surface area contributed by atoms with Gasteiger partial charge in [-0.15, -0.1) is 12.4 Å². The molecule has 0 heterocycles. The number of halogens is 1. The van der Waals surface area contributed by atoms with Crippen molar-refractivity contribution in [2.45, 2.75) is 29.7 Å². The minimum absolute atomic E-state index is 0. The van der Waals surface area contributed by atoms with Crippen LogP contribution in [0.5, 0.6) is 0 Å². The van der Waals surface area contributed by atoms with Crippen molar-refractivity contribution in [2.24, 2.45) is 0 Å². The Bertz CT molecular complexity index is 20.1. The minimum atomic E-state index is 0. The Kier molecular flexibility index (Phi) is 2550. The Morgan fingerprint density at radius 1 is 0.571 bits per heavy atom. The van der Waals surface area contributed by atoms with E-state index in [1.807, 2.05) is 0 Å². The third-order valence-electron chi connectivity index (χ3n) is 0. The van der Waals surface area contributed by atoms with E-state index in [-0.39, 0.29) is 93.9 Å². The molecule has 0 saturated carbocycles. The van der Waals surface area contributed by atoms with E-state index in [1.165, 1.54) is 0 Å². The molecule has 7 heavy (non-hydrogen) atoms. The standard InChI is InChI=1S/4CH4.ClH.2Mg.4H/h4*1H4;1H;;;;;;/q;;;;;2*+2;4*-1. The van der Waals surface area contributed by atoms with Crippen LogP contribution < -0.4 is 0 Å². The summed E-state index contributed by atoms with van der Waals surface area (Å²) in [6.45, 7) is 0. The monoisotopic (exact) mass is 152 g/mol. The van der Waals surface area contributed by atoms with E-state index in [2.05, 4.69) is 0 Å². The van der Waals surface area contributed by atoms with Crippen molar-refractivity contribution in [1.29, 1.82) is 0 Å². The van der Waals surface area contributed by atoms with Gasteiger partial charge in [-0.1, -0.05) is 29.7 Å². The molecule has 0 radical (unpaired) electrons. The van der Waals surface area contributed by atoms with E-state index in [4.69, 9.17) is 0 Å². The van der Waals surface area contributed by atoms with Crippen molar-refractivity contribution in [3.8, 4) is 0 Å². The van der Waals surface area contributed by atoms with Gasteiger partial charge in [0, 0.05) is 0 Å². The molecule has 0 saturated heterocycles. The fraction of sp³-hybridized carbons (Fsp3) is 1.00. The van der Waals surface area contributed by atoms with Gasteiger partial charge in [0.05, 0.1) is 0 Å². The average molecular weight is 153 g/mol. The van der Waals surface area contributed by atoms with E-state index in [9.17, 15) is 0 Å². The molecule has 0 fully saturated rings. The Labute approximate surface area is 93.5 Å². The van der Waals surface area contributed by atoms with Gasteiger partial charge in [0.15, 0.2) is 0 Å². The molecule has 0 aliphatic rings. The Morgan fingerprint density at radius 3 is 0.571 bits per heavy atom. The van der Waals surface area contributed by atoms with Crippen LogP contribution in [0, 0.1) is 0 Å². The first kappa shape index (κ1) is 163. The summed E-state index contributed by atoms with van der Waals surface area (Å²) in [5, 5.41) is 0. The molecule has 0 amide bonds. The smallest absolute Gasteiger partial charge is 1.00 e. The third kappa shape index (κ3) is 79.8. The maximum absolute atomic E-state index is 0. The summed E-state index contributed by atoms with van der Waals surface area (Å²) in [7, 11) is 0. The molecule has 0 aliphatic carbocycles.